The van der Waals surface area contributed by atoms with E-state index in [1.54, 1.807) is 0 Å². The largest absolute Gasteiger partial charge is 0.324 e. The summed E-state index contributed by atoms with van der Waals surface area (Å²) in [4.78, 5) is 15.1. The molecular weight excluding hydrogens is 413 g/mol. The third-order valence-corrected chi connectivity index (χ3v) is 5.86. The number of nitrogens with two attached hydrogens (primary N) is 1. The van der Waals surface area contributed by atoms with Crippen LogP contribution < -0.4 is 11.1 Å². The molecule has 0 bridgehead atoms. The summed E-state index contributed by atoms with van der Waals surface area (Å²) in [5, 5.41) is 3.01. The van der Waals surface area contributed by atoms with E-state index in [0.29, 0.717) is 0 Å². The van der Waals surface area contributed by atoms with Gasteiger partial charge < -0.3 is 11.1 Å². The molecule has 2 aromatic carbocycles. The van der Waals surface area contributed by atoms with E-state index < -0.39 is 6.04 Å². The highest BCUT2D eigenvalue weighted by atomic mass is 35.5. The van der Waals surface area contributed by atoms with Gasteiger partial charge in [-0.1, -0.05) is 42.0 Å². The van der Waals surface area contributed by atoms with Crippen molar-refractivity contribution < 1.29 is 4.79 Å². The number of anilines is 1. The maximum Gasteiger partial charge on any atom is 0.245 e. The number of carbonyl (C=O) groups is 1. The van der Waals surface area contributed by atoms with Gasteiger partial charge in [0, 0.05) is 36.8 Å². The molecule has 1 unspecified atom stereocenters. The number of nitrogens with zero attached hydrogens (tertiary/aromatic N) is 1. The van der Waals surface area contributed by atoms with Crippen LogP contribution >= 0.6 is 36.6 Å². The van der Waals surface area contributed by atoms with Crippen LogP contribution in [-0.2, 0) is 11.3 Å². The molecule has 7 heteroatoms. The number of amides is 1. The first-order valence-electron chi connectivity index (χ1n) is 9.06. The highest BCUT2D eigenvalue weighted by molar-refractivity contribution is 7.99. The molecule has 0 saturated carbocycles. The minimum Gasteiger partial charge on any atom is -0.324 e. The minimum absolute atomic E-state index is 0. The maximum absolute atomic E-state index is 12.6. The molecule has 1 fully saturated rings. The number of aryl methyl sites for hydroxylation is 1. The highest BCUT2D eigenvalue weighted by Crippen LogP contribution is 2.23. The predicted octanol–water partition coefficient (Wildman–Crippen LogP) is 4.33. The molecule has 0 spiro atoms. The summed E-state index contributed by atoms with van der Waals surface area (Å²) in [5.74, 6) is 2.21. The van der Waals surface area contributed by atoms with Crippen molar-refractivity contribution in [3.63, 3.8) is 0 Å². The number of hydrogen-bond acceptors (Lipinski definition) is 4. The summed E-state index contributed by atoms with van der Waals surface area (Å²) in [7, 11) is 0. The molecule has 0 aliphatic carbocycles. The number of rotatable bonds is 5. The maximum atomic E-state index is 12.6. The Morgan fingerprint density at radius 3 is 2.39 bits per heavy atom. The van der Waals surface area contributed by atoms with Crippen molar-refractivity contribution in [2.45, 2.75) is 26.4 Å². The number of carbonyl (C=O) groups excluding carboxylic acids is 1. The van der Waals surface area contributed by atoms with Gasteiger partial charge in [0.2, 0.25) is 5.91 Å². The Labute approximate surface area is 184 Å². The third kappa shape index (κ3) is 6.39. The first-order valence-corrected chi connectivity index (χ1v) is 10.2. The van der Waals surface area contributed by atoms with Crippen LogP contribution in [0.1, 0.15) is 28.3 Å². The zero-order valence-electron chi connectivity index (χ0n) is 16.3. The van der Waals surface area contributed by atoms with E-state index in [1.807, 2.05) is 55.1 Å². The Morgan fingerprint density at radius 1 is 1.11 bits per heavy atom. The Bertz CT molecular complexity index is 765. The van der Waals surface area contributed by atoms with Crippen molar-refractivity contribution in [2.24, 2.45) is 5.73 Å². The molecule has 2 aromatic rings. The second-order valence-corrected chi connectivity index (χ2v) is 8.08. The van der Waals surface area contributed by atoms with E-state index in [-0.39, 0.29) is 30.7 Å². The van der Waals surface area contributed by atoms with Gasteiger partial charge in [0.15, 0.2) is 0 Å². The van der Waals surface area contributed by atoms with Crippen LogP contribution in [0.3, 0.4) is 0 Å². The van der Waals surface area contributed by atoms with Gasteiger partial charge in [-0.3, -0.25) is 9.69 Å². The molecule has 3 rings (SSSR count). The Morgan fingerprint density at radius 2 is 1.75 bits per heavy atom. The smallest absolute Gasteiger partial charge is 0.245 e. The van der Waals surface area contributed by atoms with Crippen LogP contribution in [0.4, 0.5) is 5.69 Å². The molecule has 3 N–H and O–H groups in total. The van der Waals surface area contributed by atoms with Crippen LogP contribution in [0.2, 0.25) is 0 Å². The molecule has 0 aromatic heterocycles. The van der Waals surface area contributed by atoms with Gasteiger partial charge in [0.1, 0.15) is 6.04 Å². The van der Waals surface area contributed by atoms with Crippen molar-refractivity contribution in [2.75, 3.05) is 29.9 Å². The fraction of sp³-hybridized carbons (Fsp3) is 0.381. The van der Waals surface area contributed by atoms with Crippen molar-refractivity contribution in [1.82, 2.24) is 4.90 Å². The van der Waals surface area contributed by atoms with Gasteiger partial charge in [-0.2, -0.15) is 11.8 Å². The molecule has 28 heavy (non-hydrogen) atoms. The first-order chi connectivity index (χ1) is 12.5. The van der Waals surface area contributed by atoms with Gasteiger partial charge >= 0.3 is 0 Å². The van der Waals surface area contributed by atoms with Gasteiger partial charge in [0.25, 0.3) is 0 Å². The van der Waals surface area contributed by atoms with Crippen LogP contribution in [-0.4, -0.2) is 35.4 Å². The standard InChI is InChI=1S/C21H27N3OS.2ClH/c1-15-6-8-17(9-7-15)20(22)21(25)23-19-5-3-4-18(16(19)2)14-24-10-12-26-13-11-24;;/h3-9,20H,10-14,22H2,1-2H3,(H,23,25);2*1H. The molecule has 1 atom stereocenters. The van der Waals surface area contributed by atoms with Crippen molar-refractivity contribution in [3.8, 4) is 0 Å². The lowest BCUT2D eigenvalue weighted by Gasteiger charge is -2.27. The number of nitrogens with one attached hydrogen (secondary N) is 1. The quantitative estimate of drug-likeness (QED) is 0.724. The topological polar surface area (TPSA) is 58.4 Å². The molecule has 4 nitrogen and oxygen atoms in total. The van der Waals surface area contributed by atoms with E-state index >= 15 is 0 Å². The third-order valence-electron chi connectivity index (χ3n) is 4.92. The molecule has 1 aliphatic heterocycles. The monoisotopic (exact) mass is 441 g/mol. The van der Waals surface area contributed by atoms with E-state index in [1.165, 1.54) is 17.1 Å². The fourth-order valence-electron chi connectivity index (χ4n) is 3.13. The molecule has 0 radical (unpaired) electrons. The molecule has 1 saturated heterocycles. The van der Waals surface area contributed by atoms with Crippen molar-refractivity contribution >= 4 is 48.2 Å². The normalized spacial score (nSPS) is 15.1. The summed E-state index contributed by atoms with van der Waals surface area (Å²) in [6, 6.07) is 13.2. The predicted molar refractivity (Wildman–Crippen MR) is 125 cm³/mol. The molecular formula is C21H29Cl2N3OS. The average molecular weight is 442 g/mol. The highest BCUT2D eigenvalue weighted by Gasteiger charge is 2.18. The van der Waals surface area contributed by atoms with E-state index in [0.717, 1.165) is 42.0 Å². The van der Waals surface area contributed by atoms with Crippen molar-refractivity contribution in [1.29, 1.82) is 0 Å². The van der Waals surface area contributed by atoms with Gasteiger partial charge in [-0.05, 0) is 36.6 Å². The summed E-state index contributed by atoms with van der Waals surface area (Å²) in [6.45, 7) is 7.27. The lowest BCUT2D eigenvalue weighted by Crippen LogP contribution is -2.32. The van der Waals surface area contributed by atoms with E-state index in [9.17, 15) is 4.79 Å². The molecule has 154 valence electrons. The molecule has 1 aliphatic rings. The Kier molecular flexibility index (Phi) is 10.4. The van der Waals surface area contributed by atoms with Crippen LogP contribution in [0, 0.1) is 13.8 Å². The van der Waals surface area contributed by atoms with Gasteiger partial charge in [-0.25, -0.2) is 0 Å². The summed E-state index contributed by atoms with van der Waals surface area (Å²) >= 11 is 2.01. The second kappa shape index (κ2) is 11.7. The SMILES string of the molecule is Cc1ccc(C(N)C(=O)Nc2cccc(CN3CCSCC3)c2C)cc1.Cl.Cl. The summed E-state index contributed by atoms with van der Waals surface area (Å²) in [5.41, 5.74) is 11.4. The summed E-state index contributed by atoms with van der Waals surface area (Å²) < 4.78 is 0. The van der Waals surface area contributed by atoms with Crippen molar-refractivity contribution in [3.05, 3.63) is 64.7 Å². The van der Waals surface area contributed by atoms with Gasteiger partial charge in [-0.15, -0.1) is 24.8 Å². The van der Waals surface area contributed by atoms with Gasteiger partial charge in [0.05, 0.1) is 0 Å². The number of hydrogen-bond donors (Lipinski definition) is 2. The Balaban J connectivity index is 0.00000196. The second-order valence-electron chi connectivity index (χ2n) is 6.86. The fourth-order valence-corrected chi connectivity index (χ4v) is 4.10. The number of thioether (sulfide) groups is 1. The zero-order valence-corrected chi connectivity index (χ0v) is 18.8. The van der Waals surface area contributed by atoms with Crippen LogP contribution in [0.15, 0.2) is 42.5 Å². The first kappa shape index (κ1) is 24.8. The Hall–Kier alpha value is -1.24. The number of halogens is 2. The van der Waals surface area contributed by atoms with E-state index in [2.05, 4.69) is 23.2 Å². The van der Waals surface area contributed by atoms with Crippen LogP contribution in [0.25, 0.3) is 0 Å². The zero-order chi connectivity index (χ0) is 18.5. The molecule has 1 amide bonds. The van der Waals surface area contributed by atoms with Crippen LogP contribution in [0.5, 0.6) is 0 Å². The molecule has 1 heterocycles. The average Bonchev–Trinajstić information content (AvgIpc) is 2.66. The lowest BCUT2D eigenvalue weighted by molar-refractivity contribution is -0.117. The number of benzene rings is 2. The summed E-state index contributed by atoms with van der Waals surface area (Å²) in [6.07, 6.45) is 0. The minimum atomic E-state index is -0.669. The van der Waals surface area contributed by atoms with E-state index in [4.69, 9.17) is 5.73 Å². The lowest BCUT2D eigenvalue weighted by atomic mass is 10.0.